The van der Waals surface area contributed by atoms with E-state index in [1.807, 2.05) is 0 Å². The molecule has 0 atom stereocenters. The van der Waals surface area contributed by atoms with Gasteiger partial charge in [0.05, 0.1) is 11.2 Å². The standard InChI is InChI=1S/C17H22N2S/c1-3-13-6-8-14(9-7-13)15-12(2)20-16(19-15)17(18)10-4-5-11-17/h6-9H,3-5,10-11,18H2,1-2H3. The minimum absolute atomic E-state index is 0.170. The predicted molar refractivity (Wildman–Crippen MR) is 86.0 cm³/mol. The fourth-order valence-electron chi connectivity index (χ4n) is 3.00. The van der Waals surface area contributed by atoms with Crippen LogP contribution in [-0.2, 0) is 12.0 Å². The molecule has 0 bridgehead atoms. The Morgan fingerprint density at radius 3 is 2.45 bits per heavy atom. The molecule has 0 radical (unpaired) electrons. The summed E-state index contributed by atoms with van der Waals surface area (Å²) in [4.78, 5) is 6.16. The third-order valence-electron chi connectivity index (χ3n) is 4.35. The van der Waals surface area contributed by atoms with Crippen molar-refractivity contribution in [1.29, 1.82) is 0 Å². The monoisotopic (exact) mass is 286 g/mol. The van der Waals surface area contributed by atoms with Gasteiger partial charge in [-0.15, -0.1) is 11.3 Å². The summed E-state index contributed by atoms with van der Waals surface area (Å²) >= 11 is 1.78. The molecule has 1 heterocycles. The van der Waals surface area contributed by atoms with Gasteiger partial charge in [-0.1, -0.05) is 44.0 Å². The smallest absolute Gasteiger partial charge is 0.113 e. The van der Waals surface area contributed by atoms with Crippen molar-refractivity contribution in [2.75, 3.05) is 0 Å². The lowest BCUT2D eigenvalue weighted by molar-refractivity contribution is 0.459. The van der Waals surface area contributed by atoms with Crippen LogP contribution in [0.5, 0.6) is 0 Å². The quantitative estimate of drug-likeness (QED) is 0.907. The Hall–Kier alpha value is -1.19. The van der Waals surface area contributed by atoms with Crippen LogP contribution in [0.4, 0.5) is 0 Å². The summed E-state index contributed by atoms with van der Waals surface area (Å²) in [6.45, 7) is 4.34. The Morgan fingerprint density at radius 1 is 1.20 bits per heavy atom. The minimum atomic E-state index is -0.170. The molecule has 0 amide bonds. The molecule has 1 aromatic heterocycles. The maximum absolute atomic E-state index is 6.53. The van der Waals surface area contributed by atoms with Crippen LogP contribution >= 0.6 is 11.3 Å². The van der Waals surface area contributed by atoms with E-state index in [0.29, 0.717) is 0 Å². The Bertz CT molecular complexity index is 592. The van der Waals surface area contributed by atoms with E-state index in [4.69, 9.17) is 10.7 Å². The Balaban J connectivity index is 1.95. The van der Waals surface area contributed by atoms with Crippen LogP contribution in [0.1, 0.15) is 48.1 Å². The van der Waals surface area contributed by atoms with Crippen molar-refractivity contribution in [3.8, 4) is 11.3 Å². The van der Waals surface area contributed by atoms with Gasteiger partial charge in [-0.3, -0.25) is 0 Å². The van der Waals surface area contributed by atoms with Crippen LogP contribution in [0.2, 0.25) is 0 Å². The van der Waals surface area contributed by atoms with E-state index in [-0.39, 0.29) is 5.54 Å². The fourth-order valence-corrected chi connectivity index (χ4v) is 4.09. The number of nitrogens with zero attached hydrogens (tertiary/aromatic N) is 1. The molecule has 1 aliphatic rings. The first-order valence-corrected chi connectivity index (χ1v) is 8.30. The Labute approximate surface area is 125 Å². The predicted octanol–water partition coefficient (Wildman–Crippen LogP) is 4.41. The van der Waals surface area contributed by atoms with Gasteiger partial charge in [0.2, 0.25) is 0 Å². The number of thiazole rings is 1. The van der Waals surface area contributed by atoms with Crippen LogP contribution in [-0.4, -0.2) is 4.98 Å². The second kappa shape index (κ2) is 5.30. The van der Waals surface area contributed by atoms with Crippen LogP contribution in [0.3, 0.4) is 0 Å². The van der Waals surface area contributed by atoms with Gasteiger partial charge in [0.1, 0.15) is 5.01 Å². The van der Waals surface area contributed by atoms with Crippen LogP contribution < -0.4 is 5.73 Å². The Morgan fingerprint density at radius 2 is 1.85 bits per heavy atom. The average molecular weight is 286 g/mol. The lowest BCUT2D eigenvalue weighted by atomic mass is 10.0. The van der Waals surface area contributed by atoms with Crippen molar-refractivity contribution in [2.24, 2.45) is 5.73 Å². The maximum atomic E-state index is 6.53. The topological polar surface area (TPSA) is 38.9 Å². The fraction of sp³-hybridized carbons (Fsp3) is 0.471. The molecule has 106 valence electrons. The van der Waals surface area contributed by atoms with E-state index < -0.39 is 0 Å². The van der Waals surface area contributed by atoms with E-state index in [2.05, 4.69) is 38.1 Å². The molecule has 20 heavy (non-hydrogen) atoms. The van der Waals surface area contributed by atoms with Crippen molar-refractivity contribution < 1.29 is 0 Å². The molecule has 1 aliphatic carbocycles. The maximum Gasteiger partial charge on any atom is 0.113 e. The first kappa shape index (κ1) is 13.8. The van der Waals surface area contributed by atoms with Gasteiger partial charge in [-0.05, 0) is 31.7 Å². The second-order valence-electron chi connectivity index (χ2n) is 5.84. The van der Waals surface area contributed by atoms with Crippen molar-refractivity contribution in [3.05, 3.63) is 39.7 Å². The first-order valence-electron chi connectivity index (χ1n) is 7.48. The molecule has 2 nitrogen and oxygen atoms in total. The molecule has 1 aromatic carbocycles. The molecular weight excluding hydrogens is 264 g/mol. The lowest BCUT2D eigenvalue weighted by Crippen LogP contribution is -2.32. The number of benzene rings is 1. The normalized spacial score (nSPS) is 17.6. The first-order chi connectivity index (χ1) is 9.62. The van der Waals surface area contributed by atoms with Gasteiger partial charge in [0.15, 0.2) is 0 Å². The van der Waals surface area contributed by atoms with Gasteiger partial charge < -0.3 is 5.73 Å². The minimum Gasteiger partial charge on any atom is -0.319 e. The molecule has 1 fully saturated rings. The van der Waals surface area contributed by atoms with E-state index in [0.717, 1.165) is 30.0 Å². The summed E-state index contributed by atoms with van der Waals surface area (Å²) in [6, 6.07) is 8.76. The van der Waals surface area contributed by atoms with Gasteiger partial charge >= 0.3 is 0 Å². The molecule has 0 unspecified atom stereocenters. The zero-order chi connectivity index (χ0) is 14.2. The zero-order valence-electron chi connectivity index (χ0n) is 12.3. The van der Waals surface area contributed by atoms with Crippen LogP contribution in [0, 0.1) is 6.92 Å². The number of hydrogen-bond acceptors (Lipinski definition) is 3. The van der Waals surface area contributed by atoms with E-state index >= 15 is 0 Å². The number of rotatable bonds is 3. The lowest BCUT2D eigenvalue weighted by Gasteiger charge is -2.19. The zero-order valence-corrected chi connectivity index (χ0v) is 13.1. The number of hydrogen-bond donors (Lipinski definition) is 1. The third-order valence-corrected chi connectivity index (χ3v) is 5.54. The molecule has 0 aliphatic heterocycles. The average Bonchev–Trinajstić information content (AvgIpc) is 3.06. The van der Waals surface area contributed by atoms with Gasteiger partial charge in [-0.2, -0.15) is 0 Å². The molecule has 3 rings (SSSR count). The molecule has 1 saturated carbocycles. The van der Waals surface area contributed by atoms with Crippen LogP contribution in [0.15, 0.2) is 24.3 Å². The summed E-state index contributed by atoms with van der Waals surface area (Å²) < 4.78 is 0. The number of aryl methyl sites for hydroxylation is 2. The van der Waals surface area contributed by atoms with E-state index in [9.17, 15) is 0 Å². The van der Waals surface area contributed by atoms with E-state index in [1.54, 1.807) is 11.3 Å². The highest BCUT2D eigenvalue weighted by atomic mass is 32.1. The molecular formula is C17H22N2S. The SMILES string of the molecule is CCc1ccc(-c2nc(C3(N)CCCC3)sc2C)cc1. The summed E-state index contributed by atoms with van der Waals surface area (Å²) in [5.74, 6) is 0. The van der Waals surface area contributed by atoms with E-state index in [1.165, 1.54) is 28.8 Å². The van der Waals surface area contributed by atoms with Gasteiger partial charge in [-0.25, -0.2) is 4.98 Å². The van der Waals surface area contributed by atoms with Crippen molar-refractivity contribution in [1.82, 2.24) is 4.98 Å². The van der Waals surface area contributed by atoms with Gasteiger partial charge in [0.25, 0.3) is 0 Å². The highest BCUT2D eigenvalue weighted by Gasteiger charge is 2.34. The summed E-state index contributed by atoms with van der Waals surface area (Å²) in [6.07, 6.45) is 5.70. The van der Waals surface area contributed by atoms with Crippen LogP contribution in [0.25, 0.3) is 11.3 Å². The number of aromatic nitrogens is 1. The molecule has 3 heteroatoms. The highest BCUT2D eigenvalue weighted by Crippen LogP contribution is 2.40. The molecule has 2 aromatic rings. The van der Waals surface area contributed by atoms with Crippen molar-refractivity contribution >= 4 is 11.3 Å². The molecule has 0 saturated heterocycles. The second-order valence-corrected chi connectivity index (χ2v) is 7.04. The summed E-state index contributed by atoms with van der Waals surface area (Å²) in [5, 5.41) is 1.13. The highest BCUT2D eigenvalue weighted by molar-refractivity contribution is 7.12. The number of nitrogens with two attached hydrogens (primary N) is 1. The third kappa shape index (κ3) is 2.40. The Kier molecular flexibility index (Phi) is 3.65. The molecule has 0 spiro atoms. The summed E-state index contributed by atoms with van der Waals surface area (Å²) in [5.41, 5.74) is 10.1. The largest absolute Gasteiger partial charge is 0.319 e. The van der Waals surface area contributed by atoms with Gasteiger partial charge in [0, 0.05) is 10.4 Å². The molecule has 2 N–H and O–H groups in total. The summed E-state index contributed by atoms with van der Waals surface area (Å²) in [7, 11) is 0. The van der Waals surface area contributed by atoms with Crippen molar-refractivity contribution in [3.63, 3.8) is 0 Å². The van der Waals surface area contributed by atoms with Crippen molar-refractivity contribution in [2.45, 2.75) is 51.5 Å².